The number of carbonyl (C=O) groups is 1. The zero-order valence-electron chi connectivity index (χ0n) is 9.08. The van der Waals surface area contributed by atoms with E-state index >= 15 is 0 Å². The molecule has 0 aliphatic heterocycles. The van der Waals surface area contributed by atoms with Gasteiger partial charge in [0.2, 0.25) is 5.78 Å². The van der Waals surface area contributed by atoms with Crippen molar-refractivity contribution in [3.8, 4) is 0 Å². The van der Waals surface area contributed by atoms with Crippen molar-refractivity contribution in [2.75, 3.05) is 0 Å². The molecule has 1 heterocycles. The minimum atomic E-state index is -0.0799. The zero-order chi connectivity index (χ0) is 11.7. The summed E-state index contributed by atoms with van der Waals surface area (Å²) in [6.07, 6.45) is 0. The summed E-state index contributed by atoms with van der Waals surface area (Å²) in [7, 11) is 0. The summed E-state index contributed by atoms with van der Waals surface area (Å²) in [5.74, 6) is 1.06. The van der Waals surface area contributed by atoms with E-state index in [0.717, 1.165) is 15.8 Å². The molecule has 82 valence electrons. The molecule has 0 aliphatic carbocycles. The van der Waals surface area contributed by atoms with Crippen molar-refractivity contribution in [1.82, 2.24) is 0 Å². The fourth-order valence-corrected chi connectivity index (χ4v) is 1.73. The highest BCUT2D eigenvalue weighted by Gasteiger charge is 2.13. The summed E-state index contributed by atoms with van der Waals surface area (Å²) < 4.78 is 6.31. The van der Waals surface area contributed by atoms with Gasteiger partial charge in [-0.3, -0.25) is 4.79 Å². The maximum absolute atomic E-state index is 12.0. The Balaban J connectivity index is 2.38. The molecule has 0 N–H and O–H groups in total. The second-order valence-electron chi connectivity index (χ2n) is 3.70. The Bertz CT molecular complexity index is 541. The highest BCUT2D eigenvalue weighted by molar-refractivity contribution is 9.10. The van der Waals surface area contributed by atoms with Gasteiger partial charge < -0.3 is 4.42 Å². The third-order valence-electron chi connectivity index (χ3n) is 2.38. The van der Waals surface area contributed by atoms with Gasteiger partial charge in [0.15, 0.2) is 5.76 Å². The predicted molar refractivity (Wildman–Crippen MR) is 65.8 cm³/mol. The van der Waals surface area contributed by atoms with Crippen LogP contribution in [0, 0.1) is 13.8 Å². The largest absolute Gasteiger partial charge is 0.458 e. The van der Waals surface area contributed by atoms with Crippen LogP contribution in [0.3, 0.4) is 0 Å². The molecule has 0 saturated heterocycles. The first kappa shape index (κ1) is 11.1. The number of hydrogen-bond acceptors (Lipinski definition) is 2. The highest BCUT2D eigenvalue weighted by atomic mass is 79.9. The molecule has 3 heteroatoms. The highest BCUT2D eigenvalue weighted by Crippen LogP contribution is 2.19. The van der Waals surface area contributed by atoms with E-state index in [-0.39, 0.29) is 5.78 Å². The van der Waals surface area contributed by atoms with Crippen LogP contribution in [0.1, 0.15) is 27.4 Å². The molecule has 1 aromatic heterocycles. The third-order valence-corrected chi connectivity index (χ3v) is 3.27. The molecule has 0 amide bonds. The predicted octanol–water partition coefficient (Wildman–Crippen LogP) is 3.89. The quantitative estimate of drug-likeness (QED) is 0.781. The van der Waals surface area contributed by atoms with Crippen LogP contribution in [0.5, 0.6) is 0 Å². The number of rotatable bonds is 2. The van der Waals surface area contributed by atoms with Gasteiger partial charge in [0, 0.05) is 10.0 Å². The van der Waals surface area contributed by atoms with Gasteiger partial charge >= 0.3 is 0 Å². The van der Waals surface area contributed by atoms with Gasteiger partial charge in [-0.1, -0.05) is 15.9 Å². The summed E-state index contributed by atoms with van der Waals surface area (Å²) in [5, 5.41) is 0. The molecule has 0 unspecified atom stereocenters. The first-order valence-electron chi connectivity index (χ1n) is 4.95. The minimum Gasteiger partial charge on any atom is -0.458 e. The fraction of sp³-hybridized carbons (Fsp3) is 0.154. The molecule has 16 heavy (non-hydrogen) atoms. The maximum atomic E-state index is 12.0. The van der Waals surface area contributed by atoms with Gasteiger partial charge in [-0.25, -0.2) is 0 Å². The molecule has 2 nitrogen and oxygen atoms in total. The Hall–Kier alpha value is -1.35. The van der Waals surface area contributed by atoms with Gasteiger partial charge in [0.05, 0.1) is 0 Å². The normalized spacial score (nSPS) is 10.4. The van der Waals surface area contributed by atoms with Crippen LogP contribution in [-0.2, 0) is 0 Å². The van der Waals surface area contributed by atoms with Gasteiger partial charge in [-0.2, -0.15) is 0 Å². The number of ketones is 1. The second-order valence-corrected chi connectivity index (χ2v) is 4.56. The number of hydrogen-bond donors (Lipinski definition) is 0. The van der Waals surface area contributed by atoms with Crippen molar-refractivity contribution in [2.45, 2.75) is 13.8 Å². The third kappa shape index (κ3) is 2.09. The van der Waals surface area contributed by atoms with Gasteiger partial charge in [0.25, 0.3) is 0 Å². The maximum Gasteiger partial charge on any atom is 0.228 e. The standard InChI is InChI=1S/C13H11BrO2/c1-8-7-10(4-5-11(8)14)13(15)12-6-3-9(2)16-12/h3-7H,1-2H3. The first-order valence-corrected chi connectivity index (χ1v) is 5.74. The fourth-order valence-electron chi connectivity index (χ4n) is 1.48. The summed E-state index contributed by atoms with van der Waals surface area (Å²) in [6, 6.07) is 9.01. The lowest BCUT2D eigenvalue weighted by atomic mass is 10.1. The van der Waals surface area contributed by atoms with Crippen molar-refractivity contribution < 1.29 is 9.21 Å². The van der Waals surface area contributed by atoms with E-state index < -0.39 is 0 Å². The van der Waals surface area contributed by atoms with Crippen molar-refractivity contribution in [2.24, 2.45) is 0 Å². The van der Waals surface area contributed by atoms with Crippen molar-refractivity contribution in [3.63, 3.8) is 0 Å². The number of benzene rings is 1. The second kappa shape index (κ2) is 4.26. The molecule has 0 radical (unpaired) electrons. The Kier molecular flexibility index (Phi) is 2.97. The summed E-state index contributed by atoms with van der Waals surface area (Å²) in [5.41, 5.74) is 1.68. The monoisotopic (exact) mass is 278 g/mol. The first-order chi connectivity index (χ1) is 7.58. The van der Waals surface area contributed by atoms with Gasteiger partial charge in [0.1, 0.15) is 5.76 Å². The lowest BCUT2D eigenvalue weighted by molar-refractivity contribution is 0.101. The molecule has 2 aromatic rings. The number of halogens is 1. The van der Waals surface area contributed by atoms with E-state index in [1.807, 2.05) is 26.0 Å². The molecule has 2 rings (SSSR count). The van der Waals surface area contributed by atoms with E-state index in [9.17, 15) is 4.79 Å². The smallest absolute Gasteiger partial charge is 0.228 e. The van der Waals surface area contributed by atoms with Crippen LogP contribution in [0.2, 0.25) is 0 Å². The van der Waals surface area contributed by atoms with E-state index in [1.54, 1.807) is 18.2 Å². The van der Waals surface area contributed by atoms with Gasteiger partial charge in [-0.15, -0.1) is 0 Å². The van der Waals surface area contributed by atoms with Crippen LogP contribution in [0.15, 0.2) is 39.2 Å². The van der Waals surface area contributed by atoms with E-state index in [1.165, 1.54) is 0 Å². The molecule has 0 saturated carbocycles. The summed E-state index contributed by atoms with van der Waals surface area (Å²) in [6.45, 7) is 3.78. The van der Waals surface area contributed by atoms with Crippen LogP contribution in [0.4, 0.5) is 0 Å². The minimum absolute atomic E-state index is 0.0799. The average molecular weight is 279 g/mol. The summed E-state index contributed by atoms with van der Waals surface area (Å²) >= 11 is 3.40. The number of carbonyl (C=O) groups excluding carboxylic acids is 1. The Morgan fingerprint density at radius 3 is 2.50 bits per heavy atom. The number of aryl methyl sites for hydroxylation is 2. The topological polar surface area (TPSA) is 30.2 Å². The van der Waals surface area contributed by atoms with Crippen LogP contribution >= 0.6 is 15.9 Å². The molecular formula is C13H11BrO2. The lowest BCUT2D eigenvalue weighted by Crippen LogP contribution is -1.99. The Morgan fingerprint density at radius 2 is 1.94 bits per heavy atom. The van der Waals surface area contributed by atoms with Crippen LogP contribution < -0.4 is 0 Å². The number of furan rings is 1. The SMILES string of the molecule is Cc1ccc(C(=O)c2ccc(Br)c(C)c2)o1. The Labute approximate surface area is 102 Å². The molecule has 0 spiro atoms. The molecule has 0 atom stereocenters. The zero-order valence-corrected chi connectivity index (χ0v) is 10.7. The Morgan fingerprint density at radius 1 is 1.19 bits per heavy atom. The van der Waals surface area contributed by atoms with E-state index in [4.69, 9.17) is 4.42 Å². The van der Waals surface area contributed by atoms with Crippen LogP contribution in [0.25, 0.3) is 0 Å². The molecule has 0 fully saturated rings. The van der Waals surface area contributed by atoms with Crippen LogP contribution in [-0.4, -0.2) is 5.78 Å². The summed E-state index contributed by atoms with van der Waals surface area (Å²) in [4.78, 5) is 12.0. The van der Waals surface area contributed by atoms with E-state index in [0.29, 0.717) is 11.3 Å². The van der Waals surface area contributed by atoms with Crippen molar-refractivity contribution in [1.29, 1.82) is 0 Å². The lowest BCUT2D eigenvalue weighted by Gasteiger charge is -2.01. The van der Waals surface area contributed by atoms with Crippen molar-refractivity contribution >= 4 is 21.7 Å². The van der Waals surface area contributed by atoms with Gasteiger partial charge in [-0.05, 0) is 49.7 Å². The molecule has 0 bridgehead atoms. The molecule has 0 aliphatic rings. The molecule has 1 aromatic carbocycles. The average Bonchev–Trinajstić information content (AvgIpc) is 2.68. The van der Waals surface area contributed by atoms with E-state index in [2.05, 4.69) is 15.9 Å². The van der Waals surface area contributed by atoms with Crippen molar-refractivity contribution in [3.05, 3.63) is 57.5 Å². The molecular weight excluding hydrogens is 268 g/mol.